The van der Waals surface area contributed by atoms with Crippen molar-refractivity contribution in [3.8, 4) is 0 Å². The quantitative estimate of drug-likeness (QED) is 0.740. The first-order valence-electron chi connectivity index (χ1n) is 7.29. The Morgan fingerprint density at radius 1 is 0.833 bits per heavy atom. The lowest BCUT2D eigenvalue weighted by Gasteiger charge is -2.59. The van der Waals surface area contributed by atoms with Crippen LogP contribution in [0, 0.1) is 0 Å². The lowest BCUT2D eigenvalue weighted by molar-refractivity contribution is -0.193. The molecule has 2 saturated heterocycles. The molecule has 2 heterocycles. The zero-order chi connectivity index (χ0) is 13.6. The summed E-state index contributed by atoms with van der Waals surface area (Å²) in [7, 11) is 0. The number of hydrazine groups is 1. The van der Waals surface area contributed by atoms with Gasteiger partial charge in [0.25, 0.3) is 0 Å². The van der Waals surface area contributed by atoms with Crippen LogP contribution in [0.4, 0.5) is 0 Å². The van der Waals surface area contributed by atoms with Crippen LogP contribution < -0.4 is 11.5 Å². The topological polar surface area (TPSA) is 58.5 Å². The van der Waals surface area contributed by atoms with Gasteiger partial charge in [-0.3, -0.25) is 0 Å². The van der Waals surface area contributed by atoms with E-state index in [0.29, 0.717) is 12.1 Å². The van der Waals surface area contributed by atoms with E-state index in [-0.39, 0.29) is 11.1 Å². The van der Waals surface area contributed by atoms with Crippen molar-refractivity contribution in [1.82, 2.24) is 10.0 Å². The molecule has 4 N–H and O–H groups in total. The van der Waals surface area contributed by atoms with Crippen LogP contribution >= 0.6 is 0 Å². The highest BCUT2D eigenvalue weighted by molar-refractivity contribution is 5.00. The van der Waals surface area contributed by atoms with Crippen LogP contribution in [0.15, 0.2) is 0 Å². The average Bonchev–Trinajstić information content (AvgIpc) is 2.16. The summed E-state index contributed by atoms with van der Waals surface area (Å²) < 4.78 is 0. The molecule has 0 atom stereocenters. The molecule has 0 bridgehead atoms. The molecule has 4 nitrogen and oxygen atoms in total. The van der Waals surface area contributed by atoms with Gasteiger partial charge in [0.15, 0.2) is 0 Å². The fourth-order valence-electron chi connectivity index (χ4n) is 4.20. The molecule has 18 heavy (non-hydrogen) atoms. The minimum Gasteiger partial charge on any atom is -0.328 e. The van der Waals surface area contributed by atoms with Crippen molar-refractivity contribution in [2.75, 3.05) is 13.1 Å². The molecular formula is C14H30N4. The maximum atomic E-state index is 6.23. The second kappa shape index (κ2) is 4.75. The first-order chi connectivity index (χ1) is 8.22. The molecule has 0 radical (unpaired) electrons. The summed E-state index contributed by atoms with van der Waals surface area (Å²) in [6, 6.07) is 0.706. The van der Waals surface area contributed by atoms with Crippen LogP contribution in [-0.2, 0) is 0 Å². The van der Waals surface area contributed by atoms with Crippen LogP contribution in [0.1, 0.15) is 53.4 Å². The minimum atomic E-state index is 0.141. The Bertz CT molecular complexity index is 274. The number of nitrogens with two attached hydrogens (primary N) is 2. The zero-order valence-electron chi connectivity index (χ0n) is 12.4. The molecule has 2 aliphatic heterocycles. The molecule has 2 fully saturated rings. The van der Waals surface area contributed by atoms with Gasteiger partial charge in [0.1, 0.15) is 0 Å². The summed E-state index contributed by atoms with van der Waals surface area (Å²) in [5.74, 6) is 0. The molecule has 0 saturated carbocycles. The second-order valence-corrected chi connectivity index (χ2v) is 7.40. The van der Waals surface area contributed by atoms with Crippen LogP contribution in [-0.4, -0.2) is 46.3 Å². The molecule has 0 aromatic rings. The average molecular weight is 254 g/mol. The molecule has 0 amide bonds. The largest absolute Gasteiger partial charge is 0.328 e. The van der Waals surface area contributed by atoms with Gasteiger partial charge in [-0.05, 0) is 53.4 Å². The van der Waals surface area contributed by atoms with Gasteiger partial charge in [-0.1, -0.05) is 0 Å². The van der Waals surface area contributed by atoms with Crippen LogP contribution in [0.25, 0.3) is 0 Å². The van der Waals surface area contributed by atoms with E-state index in [2.05, 4.69) is 37.7 Å². The smallest absolute Gasteiger partial charge is 0.0321 e. The van der Waals surface area contributed by atoms with Crippen LogP contribution in [0.5, 0.6) is 0 Å². The summed E-state index contributed by atoms with van der Waals surface area (Å²) in [6.45, 7) is 11.5. The van der Waals surface area contributed by atoms with Crippen molar-refractivity contribution in [1.29, 1.82) is 0 Å². The highest BCUT2D eigenvalue weighted by atomic mass is 15.7. The Hall–Kier alpha value is -0.160. The summed E-state index contributed by atoms with van der Waals surface area (Å²) in [4.78, 5) is 0. The molecule has 0 aromatic carbocycles. The molecular weight excluding hydrogens is 224 g/mol. The fourth-order valence-corrected chi connectivity index (χ4v) is 4.20. The molecule has 0 spiro atoms. The third-order valence-electron chi connectivity index (χ3n) is 4.47. The normalized spacial score (nSPS) is 31.7. The van der Waals surface area contributed by atoms with Crippen LogP contribution in [0.2, 0.25) is 0 Å². The molecule has 2 aliphatic rings. The predicted molar refractivity (Wildman–Crippen MR) is 76.0 cm³/mol. The van der Waals surface area contributed by atoms with Gasteiger partial charge >= 0.3 is 0 Å². The second-order valence-electron chi connectivity index (χ2n) is 7.40. The third kappa shape index (κ3) is 2.72. The van der Waals surface area contributed by atoms with E-state index in [9.17, 15) is 0 Å². The van der Waals surface area contributed by atoms with E-state index in [4.69, 9.17) is 11.5 Å². The fraction of sp³-hybridized carbons (Fsp3) is 1.00. The van der Waals surface area contributed by atoms with E-state index in [1.54, 1.807) is 0 Å². The van der Waals surface area contributed by atoms with E-state index < -0.39 is 0 Å². The van der Waals surface area contributed by atoms with E-state index in [1.807, 2.05) is 0 Å². The summed E-state index contributed by atoms with van der Waals surface area (Å²) >= 11 is 0. The van der Waals surface area contributed by atoms with Gasteiger partial charge < -0.3 is 11.5 Å². The third-order valence-corrected chi connectivity index (χ3v) is 4.47. The summed E-state index contributed by atoms with van der Waals surface area (Å²) in [6.07, 6.45) is 4.35. The number of nitrogens with zero attached hydrogens (tertiary/aromatic N) is 2. The van der Waals surface area contributed by atoms with Crippen LogP contribution in [0.3, 0.4) is 0 Å². The van der Waals surface area contributed by atoms with Gasteiger partial charge in [0.2, 0.25) is 0 Å². The van der Waals surface area contributed by atoms with Gasteiger partial charge in [-0.15, -0.1) is 0 Å². The van der Waals surface area contributed by atoms with Crippen molar-refractivity contribution in [2.24, 2.45) is 11.5 Å². The molecule has 0 aromatic heterocycles. The van der Waals surface area contributed by atoms with Crippen molar-refractivity contribution in [3.63, 3.8) is 0 Å². The minimum absolute atomic E-state index is 0.141. The molecule has 4 heteroatoms. The predicted octanol–water partition coefficient (Wildman–Crippen LogP) is 1.30. The SMILES string of the molecule is CC1(C)CC(N)CC(C)(C)N1N1CCC(N)CC1. The number of hydrogen-bond acceptors (Lipinski definition) is 4. The van der Waals surface area contributed by atoms with Gasteiger partial charge in [0, 0.05) is 36.3 Å². The van der Waals surface area contributed by atoms with E-state index >= 15 is 0 Å². The molecule has 2 rings (SSSR count). The van der Waals surface area contributed by atoms with E-state index in [1.165, 1.54) is 0 Å². The number of rotatable bonds is 1. The number of piperidine rings is 2. The maximum Gasteiger partial charge on any atom is 0.0321 e. The lowest BCUT2D eigenvalue weighted by atomic mass is 9.78. The monoisotopic (exact) mass is 254 g/mol. The first-order valence-corrected chi connectivity index (χ1v) is 7.29. The van der Waals surface area contributed by atoms with Crippen molar-refractivity contribution >= 4 is 0 Å². The highest BCUT2D eigenvalue weighted by Gasteiger charge is 2.47. The Morgan fingerprint density at radius 2 is 1.28 bits per heavy atom. The van der Waals surface area contributed by atoms with Crippen molar-refractivity contribution < 1.29 is 0 Å². The summed E-state index contributed by atoms with van der Waals surface area (Å²) in [5.41, 5.74) is 12.5. The Morgan fingerprint density at radius 3 is 1.72 bits per heavy atom. The van der Waals surface area contributed by atoms with E-state index in [0.717, 1.165) is 38.8 Å². The van der Waals surface area contributed by atoms with Gasteiger partial charge in [-0.25, -0.2) is 10.0 Å². The van der Waals surface area contributed by atoms with Gasteiger partial charge in [0.05, 0.1) is 0 Å². The lowest BCUT2D eigenvalue weighted by Crippen LogP contribution is -2.69. The van der Waals surface area contributed by atoms with Gasteiger partial charge in [-0.2, -0.15) is 0 Å². The maximum absolute atomic E-state index is 6.23. The Labute approximate surface area is 112 Å². The first kappa shape index (κ1) is 14.3. The zero-order valence-corrected chi connectivity index (χ0v) is 12.4. The highest BCUT2D eigenvalue weighted by Crippen LogP contribution is 2.39. The summed E-state index contributed by atoms with van der Waals surface area (Å²) in [5, 5.41) is 5.12. The Balaban J connectivity index is 2.17. The Kier molecular flexibility index (Phi) is 3.76. The molecule has 106 valence electrons. The van der Waals surface area contributed by atoms with Crippen molar-refractivity contribution in [3.05, 3.63) is 0 Å². The standard InChI is InChI=1S/C14H30N4/c1-13(2)9-12(16)10-14(3,4)18(13)17-7-5-11(15)6-8-17/h11-12H,5-10,15-16H2,1-4H3. The number of hydrogen-bond donors (Lipinski definition) is 2. The van der Waals surface area contributed by atoms with Crippen molar-refractivity contribution in [2.45, 2.75) is 76.5 Å². The molecule has 0 aliphatic carbocycles. The molecule has 0 unspecified atom stereocenters.